The minimum Gasteiger partial charge on any atom is -0.441 e. The summed E-state index contributed by atoms with van der Waals surface area (Å²) in [7, 11) is 0. The number of aryl methyl sites for hydroxylation is 8. The standard InChI is InChI=1S/C21H17F4N.C21H15FO2.C20H14F5N.C20H17F2N.C19H14F3N.C19H14F2N2O2/c1-14-8-9-18(13-19(14)21(23,24)25)26(16-6-4-3-5-7-16)17-10-11-20(22)15(2)12-17;1-14-6-8-15(9-7-14)21(16-10-12-17(22)13-11-16)19-5-3-2-4-18(19)20(23)24-21;1-13-7-8-15(11-17(13)20(23,24)25)26(14-5-3-2-4-6-14)16-9-10-18(21)19(22)12-16;1-14-8-9-18(13-20(14)22)23(16-6-4-3-5-7-16)17-10-11-19(21)15(2)12-17;1-13-7-8-15(11-18(13)21)23(14-5-3-2-4-6-14)16-9-10-17(20)19(22)12-16;1-13-7-8-15(11-17(13)20)22(14-5-3-2-4-6-14)16-9-10-19(23(24)25)18(21)12-16/h3-13H,1-2H3;2-13H,1H3;2-12H,1H3;3-13H,1-2H3;2-12H,1H3;2-12H,1H3. The van der Waals surface area contributed by atoms with Gasteiger partial charge in [-0.15, -0.1) is 0 Å². The third-order valence-electron chi connectivity index (χ3n) is 23.9. The summed E-state index contributed by atoms with van der Waals surface area (Å²) in [4.78, 5) is 30.9. The van der Waals surface area contributed by atoms with Crippen LogP contribution in [0.2, 0.25) is 0 Å². The molecule has 0 aliphatic carbocycles. The van der Waals surface area contributed by atoms with Gasteiger partial charge in [-0.2, -0.15) is 30.7 Å². The van der Waals surface area contributed by atoms with E-state index in [1.165, 1.54) is 97.6 Å². The average molecular weight is 2000 g/mol. The third-order valence-corrected chi connectivity index (χ3v) is 23.9. The number of hydrogen-bond donors (Lipinski definition) is 0. The Kier molecular flexibility index (Phi) is 33.2. The highest BCUT2D eigenvalue weighted by molar-refractivity contribution is 5.96. The van der Waals surface area contributed by atoms with Gasteiger partial charge in [-0.25, -0.2) is 48.7 Å². The van der Waals surface area contributed by atoms with Crippen LogP contribution in [-0.2, 0) is 22.7 Å². The molecule has 0 radical (unpaired) electrons. The van der Waals surface area contributed by atoms with Crippen LogP contribution in [0.5, 0.6) is 0 Å². The molecule has 1 aliphatic heterocycles. The number of carbonyl (C=O) groups excluding carboxylic acids is 1. The third kappa shape index (κ3) is 25.1. The summed E-state index contributed by atoms with van der Waals surface area (Å²) in [6, 6.07) is 109. The summed E-state index contributed by atoms with van der Waals surface area (Å²) in [5.41, 5.74) is 11.9. The van der Waals surface area contributed by atoms with E-state index in [1.807, 2.05) is 133 Å². The number of fused-ring (bicyclic) bond motifs is 1. The molecule has 0 fully saturated rings. The molecule has 744 valence electrons. The van der Waals surface area contributed by atoms with Crippen LogP contribution in [-0.4, -0.2) is 10.9 Å². The number of anilines is 15. The van der Waals surface area contributed by atoms with Crippen molar-refractivity contribution in [3.8, 4) is 0 Å². The SMILES string of the molecule is Cc1cc(N(c2ccccc2)c2ccc(C)c(C(F)(F)F)c2)ccc1F.Cc1cc(N(c2ccccc2)c2ccc(C)c(F)c2)ccc1F.Cc1ccc(C2(c3ccc(F)cc3)OC(=O)c3ccccc32)cc1.Cc1ccc(N(c2ccccc2)c2ccc(F)c(F)c2)cc1C(F)(F)F.Cc1ccc(N(c2ccccc2)c2ccc(F)c(F)c2)cc1F.Cc1ccc(N(c2ccccc2)c2ccc([N+](=O)[O-])c(F)c2)cc1F. The van der Waals surface area contributed by atoms with E-state index in [0.29, 0.717) is 90.3 Å². The Balaban J connectivity index is 0.000000139. The maximum atomic E-state index is 14.1. The number of benzene rings is 18. The van der Waals surface area contributed by atoms with E-state index in [1.54, 1.807) is 207 Å². The first kappa shape index (κ1) is 105. The molecule has 0 saturated carbocycles. The largest absolute Gasteiger partial charge is 0.441 e. The van der Waals surface area contributed by atoms with Gasteiger partial charge in [-0.1, -0.05) is 181 Å². The first-order valence-corrected chi connectivity index (χ1v) is 45.7. The van der Waals surface area contributed by atoms with Gasteiger partial charge in [0, 0.05) is 126 Å². The number of carbonyl (C=O) groups is 1. The summed E-state index contributed by atoms with van der Waals surface area (Å²) in [5, 5.41) is 10.8. The lowest BCUT2D eigenvalue weighted by atomic mass is 9.80. The molecule has 1 aliphatic rings. The number of rotatable bonds is 18. The van der Waals surface area contributed by atoms with Gasteiger partial charge in [0.2, 0.25) is 5.82 Å². The zero-order valence-corrected chi connectivity index (χ0v) is 79.9. The second kappa shape index (κ2) is 46.4. The minimum atomic E-state index is -4.52. The van der Waals surface area contributed by atoms with Crippen molar-refractivity contribution in [1.82, 2.24) is 0 Å². The number of cyclic esters (lactones) is 1. The van der Waals surface area contributed by atoms with Gasteiger partial charge < -0.3 is 29.2 Å². The Morgan fingerprint density at radius 2 is 0.503 bits per heavy atom. The van der Waals surface area contributed by atoms with Crippen molar-refractivity contribution in [3.05, 3.63) is 558 Å². The van der Waals surface area contributed by atoms with E-state index in [-0.39, 0.29) is 63.4 Å². The van der Waals surface area contributed by atoms with Crippen molar-refractivity contribution in [2.24, 2.45) is 0 Å². The molecule has 0 N–H and O–H groups in total. The average Bonchev–Trinajstić information content (AvgIpc) is 1.57. The molecule has 18 aromatic carbocycles. The second-order valence-corrected chi connectivity index (χ2v) is 34.1. The number of halogens is 17. The number of nitro groups is 1. The minimum absolute atomic E-state index is 0.0829. The topological polar surface area (TPSA) is 85.6 Å². The van der Waals surface area contributed by atoms with Gasteiger partial charge in [0.1, 0.15) is 34.9 Å². The first-order valence-electron chi connectivity index (χ1n) is 45.7. The van der Waals surface area contributed by atoms with Crippen LogP contribution in [0, 0.1) is 129 Å². The highest BCUT2D eigenvalue weighted by atomic mass is 19.4. The number of nitro benzene ring substituents is 1. The van der Waals surface area contributed by atoms with Gasteiger partial charge in [0.25, 0.3) is 0 Å². The van der Waals surface area contributed by atoms with E-state index < -0.39 is 68.8 Å². The van der Waals surface area contributed by atoms with E-state index in [2.05, 4.69) is 0 Å². The lowest BCUT2D eigenvalue weighted by Gasteiger charge is -2.30. The van der Waals surface area contributed by atoms with Crippen molar-refractivity contribution in [2.45, 2.75) is 73.3 Å². The predicted octanol–water partition coefficient (Wildman–Crippen LogP) is 35.9. The van der Waals surface area contributed by atoms with Crippen molar-refractivity contribution >= 4 is 97.0 Å². The smallest absolute Gasteiger partial charge is 0.416 e. The fraction of sp³-hybridized carbons (Fsp3) is 0.0917. The molecule has 1 atom stereocenters. The number of esters is 1. The Morgan fingerprint density at radius 3 is 0.796 bits per heavy atom. The van der Waals surface area contributed by atoms with E-state index in [4.69, 9.17) is 4.74 Å². The Labute approximate surface area is 837 Å². The zero-order valence-electron chi connectivity index (χ0n) is 79.9. The predicted molar refractivity (Wildman–Crippen MR) is 544 cm³/mol. The van der Waals surface area contributed by atoms with Gasteiger partial charge >= 0.3 is 24.0 Å². The van der Waals surface area contributed by atoms with Crippen LogP contribution in [0.4, 0.5) is 166 Å². The zero-order chi connectivity index (χ0) is 105. The number of alkyl halides is 6. The molecule has 10 nitrogen and oxygen atoms in total. The fourth-order valence-corrected chi connectivity index (χ4v) is 16.2. The highest BCUT2D eigenvalue weighted by Crippen LogP contribution is 2.50. The molecule has 1 unspecified atom stereocenters. The van der Waals surface area contributed by atoms with Crippen molar-refractivity contribution in [2.75, 3.05) is 24.5 Å². The molecule has 27 heteroatoms. The molecular weight excluding hydrogens is 1910 g/mol. The van der Waals surface area contributed by atoms with Crippen molar-refractivity contribution in [1.29, 1.82) is 0 Å². The molecule has 19 rings (SSSR count). The number of ether oxygens (including phenoxy) is 1. The molecule has 0 amide bonds. The van der Waals surface area contributed by atoms with E-state index in [9.17, 15) is 89.5 Å². The lowest BCUT2D eigenvalue weighted by Crippen LogP contribution is -2.29. The number of hydrogen-bond acceptors (Lipinski definition) is 9. The summed E-state index contributed by atoms with van der Waals surface area (Å²) in [6.45, 7) is 13.2. The normalized spacial score (nSPS) is 12.3. The Bertz CT molecular complexity index is 7240. The molecule has 147 heavy (non-hydrogen) atoms. The Hall–Kier alpha value is -17.4. The molecule has 1 heterocycles. The quantitative estimate of drug-likeness (QED) is 0.0361. The van der Waals surface area contributed by atoms with Crippen LogP contribution in [0.25, 0.3) is 0 Å². The van der Waals surface area contributed by atoms with E-state index >= 15 is 0 Å². The monoisotopic (exact) mass is 2000 g/mol. The lowest BCUT2D eigenvalue weighted by molar-refractivity contribution is -0.387. The van der Waals surface area contributed by atoms with Crippen LogP contribution in [0.15, 0.2) is 406 Å². The van der Waals surface area contributed by atoms with Crippen LogP contribution < -0.4 is 24.5 Å². The van der Waals surface area contributed by atoms with Gasteiger partial charge in [0.15, 0.2) is 28.9 Å². The summed E-state index contributed by atoms with van der Waals surface area (Å²) in [5.74, 6) is -7.23. The maximum absolute atomic E-state index is 14.1. The number of nitrogens with zero attached hydrogens (tertiary/aromatic N) is 6. The number of para-hydroxylation sites is 5. The summed E-state index contributed by atoms with van der Waals surface area (Å²) in [6.07, 6.45) is -8.96. The first-order chi connectivity index (χ1) is 70.2. The van der Waals surface area contributed by atoms with Crippen LogP contribution >= 0.6 is 0 Å². The van der Waals surface area contributed by atoms with Crippen molar-refractivity contribution < 1.29 is 89.1 Å². The van der Waals surface area contributed by atoms with Gasteiger partial charge in [-0.05, 0) is 301 Å². The summed E-state index contributed by atoms with van der Waals surface area (Å²) < 4.78 is 236. The fourth-order valence-electron chi connectivity index (χ4n) is 16.2. The highest BCUT2D eigenvalue weighted by Gasteiger charge is 2.49. The molecule has 0 bridgehead atoms. The van der Waals surface area contributed by atoms with Gasteiger partial charge in [0.05, 0.1) is 21.6 Å². The van der Waals surface area contributed by atoms with Crippen LogP contribution in [0.3, 0.4) is 0 Å². The molecule has 18 aromatic rings. The molecule has 0 spiro atoms. The van der Waals surface area contributed by atoms with Crippen molar-refractivity contribution in [3.63, 3.8) is 0 Å². The molecule has 0 aromatic heterocycles. The Morgan fingerprint density at radius 1 is 0.245 bits per heavy atom. The van der Waals surface area contributed by atoms with Crippen LogP contribution in [0.1, 0.15) is 82.7 Å². The summed E-state index contributed by atoms with van der Waals surface area (Å²) >= 11 is 0. The van der Waals surface area contributed by atoms with E-state index in [0.717, 1.165) is 87.8 Å². The van der Waals surface area contributed by atoms with Gasteiger partial charge in [-0.3, -0.25) is 10.1 Å². The maximum Gasteiger partial charge on any atom is 0.416 e. The molecular formula is C120H91F17N6O4. The second-order valence-electron chi connectivity index (χ2n) is 34.1. The molecule has 0 saturated heterocycles.